The quantitative estimate of drug-likeness (QED) is 0.705. The summed E-state index contributed by atoms with van der Waals surface area (Å²) < 4.78 is 5.81. The van der Waals surface area contributed by atoms with Crippen molar-refractivity contribution in [2.75, 3.05) is 19.6 Å². The summed E-state index contributed by atoms with van der Waals surface area (Å²) in [6, 6.07) is 17.2. The van der Waals surface area contributed by atoms with E-state index in [0.29, 0.717) is 32.7 Å². The van der Waals surface area contributed by atoms with Gasteiger partial charge in [-0.25, -0.2) is 0 Å². The molecule has 1 aliphatic heterocycles. The average Bonchev–Trinajstić information content (AvgIpc) is 3.20. The van der Waals surface area contributed by atoms with E-state index in [1.165, 1.54) is 0 Å². The number of hydrogen-bond donors (Lipinski definition) is 1. The Morgan fingerprint density at radius 1 is 1.10 bits per heavy atom. The molecule has 2 aromatic carbocycles. The van der Waals surface area contributed by atoms with Crippen LogP contribution in [0.15, 0.2) is 54.6 Å². The number of carboxylic acid groups (broad SMARTS) is 1. The van der Waals surface area contributed by atoms with Crippen LogP contribution in [0, 0.1) is 0 Å². The first-order chi connectivity index (χ1) is 14.1. The number of amides is 1. The molecule has 0 bridgehead atoms. The summed E-state index contributed by atoms with van der Waals surface area (Å²) in [6.07, 6.45) is 1.43. The summed E-state index contributed by atoms with van der Waals surface area (Å²) in [6.45, 7) is 4.35. The molecule has 1 saturated heterocycles. The van der Waals surface area contributed by atoms with Crippen molar-refractivity contribution in [2.45, 2.75) is 39.0 Å². The minimum absolute atomic E-state index is 0.0370. The van der Waals surface area contributed by atoms with Gasteiger partial charge in [0.15, 0.2) is 0 Å². The first-order valence-corrected chi connectivity index (χ1v) is 10.1. The highest BCUT2D eigenvalue weighted by atomic mass is 16.5. The highest BCUT2D eigenvalue weighted by molar-refractivity contribution is 5.80. The first-order valence-electron chi connectivity index (χ1n) is 10.1. The SMILES string of the molecule is CCN(Cc1ccc(OCc2ccccc2)cc1)C(=O)CN1CCC[C@@H]1C(=O)O. The van der Waals surface area contributed by atoms with Crippen LogP contribution in [0.4, 0.5) is 0 Å². The zero-order valence-electron chi connectivity index (χ0n) is 16.8. The second-order valence-electron chi connectivity index (χ2n) is 7.29. The van der Waals surface area contributed by atoms with Crippen LogP contribution in [0.5, 0.6) is 5.75 Å². The molecule has 29 heavy (non-hydrogen) atoms. The number of likely N-dealkylation sites (tertiary alicyclic amines) is 1. The Morgan fingerprint density at radius 2 is 1.83 bits per heavy atom. The lowest BCUT2D eigenvalue weighted by atomic mass is 10.2. The van der Waals surface area contributed by atoms with Crippen molar-refractivity contribution in [3.05, 3.63) is 65.7 Å². The lowest BCUT2D eigenvalue weighted by Crippen LogP contribution is -2.44. The number of carboxylic acids is 1. The smallest absolute Gasteiger partial charge is 0.320 e. The maximum atomic E-state index is 12.7. The Kier molecular flexibility index (Phi) is 7.25. The van der Waals surface area contributed by atoms with E-state index < -0.39 is 12.0 Å². The molecule has 1 amide bonds. The summed E-state index contributed by atoms with van der Waals surface area (Å²) in [5.41, 5.74) is 2.13. The fraction of sp³-hybridized carbons (Fsp3) is 0.391. The van der Waals surface area contributed by atoms with Crippen LogP contribution >= 0.6 is 0 Å². The third-order valence-electron chi connectivity index (χ3n) is 5.27. The number of likely N-dealkylation sites (N-methyl/N-ethyl adjacent to an activating group) is 1. The van der Waals surface area contributed by atoms with E-state index in [2.05, 4.69) is 0 Å². The molecule has 0 saturated carbocycles. The Labute approximate surface area is 171 Å². The molecule has 6 nitrogen and oxygen atoms in total. The van der Waals surface area contributed by atoms with Gasteiger partial charge >= 0.3 is 5.97 Å². The van der Waals surface area contributed by atoms with E-state index in [-0.39, 0.29) is 12.5 Å². The van der Waals surface area contributed by atoms with Crippen LogP contribution < -0.4 is 4.74 Å². The fourth-order valence-electron chi connectivity index (χ4n) is 3.60. The maximum absolute atomic E-state index is 12.7. The van der Waals surface area contributed by atoms with Crippen LogP contribution in [0.3, 0.4) is 0 Å². The van der Waals surface area contributed by atoms with Crippen molar-refractivity contribution in [1.29, 1.82) is 0 Å². The van der Waals surface area contributed by atoms with Gasteiger partial charge in [0.2, 0.25) is 5.91 Å². The van der Waals surface area contributed by atoms with E-state index in [9.17, 15) is 14.7 Å². The molecule has 6 heteroatoms. The fourth-order valence-corrected chi connectivity index (χ4v) is 3.60. The van der Waals surface area contributed by atoms with Crippen LogP contribution in [0.25, 0.3) is 0 Å². The van der Waals surface area contributed by atoms with Gasteiger partial charge < -0.3 is 14.7 Å². The predicted octanol–water partition coefficient (Wildman–Crippen LogP) is 3.16. The predicted molar refractivity (Wildman–Crippen MR) is 111 cm³/mol. The zero-order chi connectivity index (χ0) is 20.6. The van der Waals surface area contributed by atoms with Gasteiger partial charge in [-0.1, -0.05) is 42.5 Å². The normalized spacial score (nSPS) is 16.5. The number of benzene rings is 2. The maximum Gasteiger partial charge on any atom is 0.320 e. The van der Waals surface area contributed by atoms with E-state index in [0.717, 1.165) is 23.3 Å². The lowest BCUT2D eigenvalue weighted by molar-refractivity contribution is -0.143. The van der Waals surface area contributed by atoms with Crippen molar-refractivity contribution < 1.29 is 19.4 Å². The molecule has 0 aliphatic carbocycles. The average molecular weight is 396 g/mol. The third-order valence-corrected chi connectivity index (χ3v) is 5.27. The Morgan fingerprint density at radius 3 is 2.48 bits per heavy atom. The molecule has 0 spiro atoms. The number of carbonyl (C=O) groups is 2. The van der Waals surface area contributed by atoms with Gasteiger partial charge in [-0.15, -0.1) is 0 Å². The second kappa shape index (κ2) is 10.1. The van der Waals surface area contributed by atoms with Gasteiger partial charge in [-0.05, 0) is 49.6 Å². The molecule has 0 radical (unpaired) electrons. The second-order valence-corrected chi connectivity index (χ2v) is 7.29. The van der Waals surface area contributed by atoms with Crippen molar-refractivity contribution in [3.8, 4) is 5.75 Å². The van der Waals surface area contributed by atoms with Crippen LogP contribution in [-0.4, -0.2) is 52.5 Å². The van der Waals surface area contributed by atoms with E-state index in [4.69, 9.17) is 4.74 Å². The molecule has 154 valence electrons. The number of hydrogen-bond acceptors (Lipinski definition) is 4. The van der Waals surface area contributed by atoms with Crippen molar-refractivity contribution >= 4 is 11.9 Å². The zero-order valence-corrected chi connectivity index (χ0v) is 16.8. The van der Waals surface area contributed by atoms with E-state index in [1.54, 1.807) is 9.80 Å². The lowest BCUT2D eigenvalue weighted by Gasteiger charge is -2.26. The number of nitrogens with zero attached hydrogens (tertiary/aromatic N) is 2. The van der Waals surface area contributed by atoms with Gasteiger partial charge in [-0.3, -0.25) is 14.5 Å². The van der Waals surface area contributed by atoms with Gasteiger partial charge in [0.25, 0.3) is 0 Å². The van der Waals surface area contributed by atoms with Crippen molar-refractivity contribution in [3.63, 3.8) is 0 Å². The summed E-state index contributed by atoms with van der Waals surface area (Å²) in [4.78, 5) is 27.5. The molecule has 1 N–H and O–H groups in total. The number of ether oxygens (including phenoxy) is 1. The number of carbonyl (C=O) groups excluding carboxylic acids is 1. The topological polar surface area (TPSA) is 70.1 Å². The summed E-state index contributed by atoms with van der Waals surface area (Å²) in [5, 5.41) is 9.29. The van der Waals surface area contributed by atoms with Gasteiger partial charge in [0.05, 0.1) is 6.54 Å². The molecule has 0 unspecified atom stereocenters. The van der Waals surface area contributed by atoms with Crippen LogP contribution in [-0.2, 0) is 22.7 Å². The van der Waals surface area contributed by atoms with E-state index >= 15 is 0 Å². The summed E-state index contributed by atoms with van der Waals surface area (Å²) in [7, 11) is 0. The van der Waals surface area contributed by atoms with Gasteiger partial charge in [0, 0.05) is 13.1 Å². The molecular formula is C23H28N2O4. The number of aliphatic carboxylic acids is 1. The molecule has 1 heterocycles. The molecule has 1 aliphatic rings. The molecule has 1 atom stereocenters. The van der Waals surface area contributed by atoms with Gasteiger partial charge in [-0.2, -0.15) is 0 Å². The monoisotopic (exact) mass is 396 g/mol. The third kappa shape index (κ3) is 5.81. The molecule has 0 aromatic heterocycles. The molecule has 3 rings (SSSR count). The Bertz CT molecular complexity index is 807. The van der Waals surface area contributed by atoms with Crippen molar-refractivity contribution in [1.82, 2.24) is 9.80 Å². The highest BCUT2D eigenvalue weighted by Crippen LogP contribution is 2.19. The standard InChI is InChI=1S/C23H28N2O4/c1-2-24(22(26)16-25-14-6-9-21(25)23(27)28)15-18-10-12-20(13-11-18)29-17-19-7-4-3-5-8-19/h3-5,7-8,10-13,21H,2,6,9,14-17H2,1H3,(H,27,28)/t21-/m1/s1. The molecule has 2 aromatic rings. The van der Waals surface area contributed by atoms with E-state index in [1.807, 2.05) is 61.5 Å². The molecule has 1 fully saturated rings. The Balaban J connectivity index is 1.53. The minimum Gasteiger partial charge on any atom is -0.489 e. The minimum atomic E-state index is -0.843. The van der Waals surface area contributed by atoms with Crippen LogP contribution in [0.1, 0.15) is 30.9 Å². The van der Waals surface area contributed by atoms with Crippen molar-refractivity contribution in [2.24, 2.45) is 0 Å². The summed E-state index contributed by atoms with van der Waals surface area (Å²) >= 11 is 0. The largest absolute Gasteiger partial charge is 0.489 e. The first kappa shape index (κ1) is 20.9. The number of rotatable bonds is 9. The van der Waals surface area contributed by atoms with Crippen LogP contribution in [0.2, 0.25) is 0 Å². The summed E-state index contributed by atoms with van der Waals surface area (Å²) in [5.74, 6) is -0.0946. The molecular weight excluding hydrogens is 368 g/mol. The van der Waals surface area contributed by atoms with Gasteiger partial charge in [0.1, 0.15) is 18.4 Å². The Hall–Kier alpha value is -2.86. The highest BCUT2D eigenvalue weighted by Gasteiger charge is 2.32.